The van der Waals surface area contributed by atoms with E-state index in [0.717, 1.165) is 22.5 Å². The highest BCUT2D eigenvalue weighted by Crippen LogP contribution is 2.24. The molecule has 2 heterocycles. The fourth-order valence-electron chi connectivity index (χ4n) is 3.01. The van der Waals surface area contributed by atoms with Gasteiger partial charge in [-0.15, -0.1) is 0 Å². The lowest BCUT2D eigenvalue weighted by Crippen LogP contribution is -2.15. The van der Waals surface area contributed by atoms with E-state index < -0.39 is 10.0 Å². The van der Waals surface area contributed by atoms with Crippen LogP contribution in [0.3, 0.4) is 0 Å². The Balaban J connectivity index is 1.45. The monoisotopic (exact) mass is 457 g/mol. The Bertz CT molecular complexity index is 1350. The standard InChI is InChI=1S/C21H19N3O5S2/c1-13-17(22-20(29-13)15-5-3-2-4-6-15)12-31(27,28)24-16-9-7-14(8-10-16)11-18-19(25)23-21(26)30-18/h2-10,24-25H,11-12H2,1H3,(H,23,26). The first-order valence-electron chi connectivity index (χ1n) is 9.31. The zero-order valence-corrected chi connectivity index (χ0v) is 18.1. The lowest BCUT2D eigenvalue weighted by Gasteiger charge is -2.08. The first-order chi connectivity index (χ1) is 14.8. The maximum atomic E-state index is 12.6. The normalized spacial score (nSPS) is 11.5. The third-order valence-electron chi connectivity index (χ3n) is 4.53. The molecule has 4 rings (SSSR count). The molecule has 8 nitrogen and oxygen atoms in total. The fourth-order valence-corrected chi connectivity index (χ4v) is 4.96. The molecule has 10 heteroatoms. The Morgan fingerprint density at radius 2 is 1.84 bits per heavy atom. The minimum atomic E-state index is -3.71. The van der Waals surface area contributed by atoms with Crippen molar-refractivity contribution in [3.8, 4) is 17.3 Å². The topological polar surface area (TPSA) is 125 Å². The molecular formula is C21H19N3O5S2. The summed E-state index contributed by atoms with van der Waals surface area (Å²) < 4.78 is 33.4. The van der Waals surface area contributed by atoms with Crippen LogP contribution in [0.15, 0.2) is 63.8 Å². The van der Waals surface area contributed by atoms with Crippen molar-refractivity contribution in [1.29, 1.82) is 0 Å². The van der Waals surface area contributed by atoms with Gasteiger partial charge in [0.25, 0.3) is 0 Å². The van der Waals surface area contributed by atoms with Crippen molar-refractivity contribution in [2.45, 2.75) is 19.1 Å². The molecule has 0 saturated carbocycles. The highest BCUT2D eigenvalue weighted by Gasteiger charge is 2.19. The average Bonchev–Trinajstić information content (AvgIpc) is 3.24. The van der Waals surface area contributed by atoms with E-state index in [4.69, 9.17) is 4.42 Å². The van der Waals surface area contributed by atoms with Gasteiger partial charge in [0.1, 0.15) is 11.5 Å². The number of hydrogen-bond donors (Lipinski definition) is 3. The molecule has 0 aliphatic rings. The third kappa shape index (κ3) is 5.04. The fraction of sp³-hybridized carbons (Fsp3) is 0.143. The van der Waals surface area contributed by atoms with E-state index >= 15 is 0 Å². The first kappa shape index (κ1) is 20.9. The lowest BCUT2D eigenvalue weighted by atomic mass is 10.1. The van der Waals surface area contributed by atoms with Gasteiger partial charge in [0.05, 0.1) is 10.6 Å². The number of rotatable bonds is 7. The molecule has 0 atom stereocenters. The molecule has 4 aromatic rings. The molecule has 160 valence electrons. The van der Waals surface area contributed by atoms with E-state index in [9.17, 15) is 18.3 Å². The molecule has 0 fully saturated rings. The summed E-state index contributed by atoms with van der Waals surface area (Å²) in [7, 11) is -3.71. The van der Waals surface area contributed by atoms with Crippen LogP contribution in [0.2, 0.25) is 0 Å². The van der Waals surface area contributed by atoms with E-state index in [1.807, 2.05) is 30.3 Å². The van der Waals surface area contributed by atoms with Crippen molar-refractivity contribution in [1.82, 2.24) is 9.97 Å². The number of thiazole rings is 1. The van der Waals surface area contributed by atoms with Crippen molar-refractivity contribution in [3.05, 3.63) is 86.2 Å². The van der Waals surface area contributed by atoms with E-state index in [0.29, 0.717) is 34.3 Å². The van der Waals surface area contributed by atoms with Gasteiger partial charge in [0, 0.05) is 17.7 Å². The number of aromatic nitrogens is 2. The predicted molar refractivity (Wildman–Crippen MR) is 119 cm³/mol. The van der Waals surface area contributed by atoms with Gasteiger partial charge in [-0.2, -0.15) is 0 Å². The second-order valence-corrected chi connectivity index (χ2v) is 9.70. The van der Waals surface area contributed by atoms with Gasteiger partial charge >= 0.3 is 4.87 Å². The molecule has 0 aliphatic heterocycles. The Morgan fingerprint density at radius 1 is 1.13 bits per heavy atom. The lowest BCUT2D eigenvalue weighted by molar-refractivity contribution is 0.451. The van der Waals surface area contributed by atoms with Crippen molar-refractivity contribution in [2.75, 3.05) is 4.72 Å². The molecule has 3 N–H and O–H groups in total. The van der Waals surface area contributed by atoms with Gasteiger partial charge in [-0.25, -0.2) is 13.4 Å². The van der Waals surface area contributed by atoms with Crippen LogP contribution in [-0.4, -0.2) is 23.5 Å². The number of aryl methyl sites for hydroxylation is 1. The summed E-state index contributed by atoms with van der Waals surface area (Å²) in [5.74, 6) is 0.368. The van der Waals surface area contributed by atoms with Crippen LogP contribution in [0.5, 0.6) is 5.88 Å². The van der Waals surface area contributed by atoms with Crippen LogP contribution in [0.1, 0.15) is 21.9 Å². The van der Waals surface area contributed by atoms with E-state index in [1.165, 1.54) is 0 Å². The zero-order chi connectivity index (χ0) is 22.0. The number of benzene rings is 2. The molecule has 2 aromatic heterocycles. The van der Waals surface area contributed by atoms with Gasteiger partial charge in [-0.3, -0.25) is 14.5 Å². The van der Waals surface area contributed by atoms with E-state index in [1.54, 1.807) is 31.2 Å². The van der Waals surface area contributed by atoms with Crippen molar-refractivity contribution in [3.63, 3.8) is 0 Å². The molecule has 0 saturated heterocycles. The summed E-state index contributed by atoms with van der Waals surface area (Å²) in [6.45, 7) is 1.68. The SMILES string of the molecule is Cc1oc(-c2ccccc2)nc1CS(=O)(=O)Nc1ccc(Cc2sc(=O)[nH]c2O)cc1. The van der Waals surface area contributed by atoms with Gasteiger partial charge in [-0.05, 0) is 36.8 Å². The summed E-state index contributed by atoms with van der Waals surface area (Å²) in [5, 5.41) is 9.69. The maximum absolute atomic E-state index is 12.6. The van der Waals surface area contributed by atoms with Crippen LogP contribution in [0.4, 0.5) is 5.69 Å². The number of anilines is 1. The second kappa shape index (κ2) is 8.40. The quantitative estimate of drug-likeness (QED) is 0.389. The number of nitrogens with zero attached hydrogens (tertiary/aromatic N) is 1. The molecule has 2 aromatic carbocycles. The number of aromatic hydroxyl groups is 1. The molecular weight excluding hydrogens is 438 g/mol. The molecule has 0 spiro atoms. The summed E-state index contributed by atoms with van der Waals surface area (Å²) in [6.07, 6.45) is 0.364. The Hall–Kier alpha value is -3.37. The first-order valence-corrected chi connectivity index (χ1v) is 11.8. The number of hydrogen-bond acceptors (Lipinski definition) is 7. The number of aromatic amines is 1. The minimum absolute atomic E-state index is 0.141. The van der Waals surface area contributed by atoms with Gasteiger partial charge in [0.2, 0.25) is 21.8 Å². The highest BCUT2D eigenvalue weighted by atomic mass is 32.2. The molecule has 0 amide bonds. The van der Waals surface area contributed by atoms with Crippen LogP contribution in [-0.2, 0) is 22.2 Å². The van der Waals surface area contributed by atoms with Crippen molar-refractivity contribution < 1.29 is 17.9 Å². The largest absolute Gasteiger partial charge is 0.494 e. The summed E-state index contributed by atoms with van der Waals surface area (Å²) >= 11 is 0.938. The number of oxazole rings is 1. The third-order valence-corrected chi connectivity index (χ3v) is 6.60. The van der Waals surface area contributed by atoms with Crippen LogP contribution in [0.25, 0.3) is 11.5 Å². The Morgan fingerprint density at radius 3 is 2.48 bits per heavy atom. The van der Waals surface area contributed by atoms with Gasteiger partial charge in [-0.1, -0.05) is 41.7 Å². The van der Waals surface area contributed by atoms with Crippen molar-refractivity contribution >= 4 is 27.0 Å². The Kier molecular flexibility index (Phi) is 5.66. The van der Waals surface area contributed by atoms with Crippen LogP contribution < -0.4 is 9.60 Å². The Labute approximate surface area is 182 Å². The van der Waals surface area contributed by atoms with Gasteiger partial charge in [0.15, 0.2) is 0 Å². The predicted octanol–water partition coefficient (Wildman–Crippen LogP) is 3.64. The summed E-state index contributed by atoms with van der Waals surface area (Å²) in [5.41, 5.74) is 2.35. The van der Waals surface area contributed by atoms with E-state index in [-0.39, 0.29) is 16.5 Å². The van der Waals surface area contributed by atoms with Crippen LogP contribution >= 0.6 is 11.3 Å². The summed E-state index contributed by atoms with van der Waals surface area (Å²) in [6, 6.07) is 16.0. The highest BCUT2D eigenvalue weighted by molar-refractivity contribution is 7.91. The average molecular weight is 458 g/mol. The number of nitrogens with one attached hydrogen (secondary N) is 2. The summed E-state index contributed by atoms with van der Waals surface area (Å²) in [4.78, 5) is 18.1. The number of sulfonamides is 1. The second-order valence-electron chi connectivity index (χ2n) is 6.91. The van der Waals surface area contributed by atoms with Crippen LogP contribution in [0, 0.1) is 6.92 Å². The van der Waals surface area contributed by atoms with Gasteiger partial charge < -0.3 is 9.52 Å². The maximum Gasteiger partial charge on any atom is 0.307 e. The molecule has 0 aliphatic carbocycles. The van der Waals surface area contributed by atoms with E-state index in [2.05, 4.69) is 14.7 Å². The molecule has 0 radical (unpaired) electrons. The zero-order valence-electron chi connectivity index (χ0n) is 16.5. The minimum Gasteiger partial charge on any atom is -0.494 e. The molecule has 0 unspecified atom stereocenters. The smallest absolute Gasteiger partial charge is 0.307 e. The molecule has 0 bridgehead atoms. The number of H-pyrrole nitrogens is 1. The molecule has 31 heavy (non-hydrogen) atoms. The van der Waals surface area contributed by atoms with Crippen molar-refractivity contribution in [2.24, 2.45) is 0 Å².